The fourth-order valence-electron chi connectivity index (χ4n) is 0.411. The molecule has 8 heteroatoms. The summed E-state index contributed by atoms with van der Waals surface area (Å²) in [5, 5.41) is 14.5. The van der Waals surface area contributed by atoms with Crippen LogP contribution in [0.5, 0.6) is 0 Å². The molecule has 1 aromatic rings. The second kappa shape index (κ2) is 2.17. The van der Waals surface area contributed by atoms with Crippen molar-refractivity contribution in [3.63, 3.8) is 0 Å². The summed E-state index contributed by atoms with van der Waals surface area (Å²) in [7, 11) is 0. The molecule has 0 aliphatic rings. The van der Waals surface area contributed by atoms with E-state index >= 15 is 0 Å². The molecule has 0 saturated carbocycles. The van der Waals surface area contributed by atoms with E-state index in [1.165, 1.54) is 0 Å². The molecule has 0 saturated heterocycles. The Labute approximate surface area is 54.6 Å². The molecule has 0 atom stereocenters. The summed E-state index contributed by atoms with van der Waals surface area (Å²) in [6.45, 7) is 0. The average Bonchev–Trinajstić information content (AvgIpc) is 2.13. The van der Waals surface area contributed by atoms with E-state index in [0.717, 1.165) is 0 Å². The maximum atomic E-state index is 9.74. The highest BCUT2D eigenvalue weighted by molar-refractivity contribution is 5.26. The monoisotopic (exact) mass is 144 g/mol. The number of rotatable bonds is 2. The first-order valence-electron chi connectivity index (χ1n) is 2.27. The lowest BCUT2D eigenvalue weighted by atomic mass is 11.0. The standard InChI is InChI=1S/C2H4N6O2/c3-1-4-2(6-5-1)7-8(9)10/h(H4,3,4,5,6,7). The van der Waals surface area contributed by atoms with Crippen molar-refractivity contribution in [1.82, 2.24) is 15.2 Å². The molecule has 0 radical (unpaired) electrons. The largest absolute Gasteiger partial charge is 0.366 e. The highest BCUT2D eigenvalue weighted by Gasteiger charge is 2.02. The van der Waals surface area contributed by atoms with Gasteiger partial charge < -0.3 is 5.73 Å². The van der Waals surface area contributed by atoms with Gasteiger partial charge in [-0.2, -0.15) is 4.98 Å². The van der Waals surface area contributed by atoms with Gasteiger partial charge in [0.2, 0.25) is 5.95 Å². The lowest BCUT2D eigenvalue weighted by molar-refractivity contribution is -0.446. The number of aromatic amines is 1. The van der Waals surface area contributed by atoms with Crippen LogP contribution in [0.2, 0.25) is 0 Å². The van der Waals surface area contributed by atoms with Crippen molar-refractivity contribution in [2.75, 3.05) is 11.2 Å². The number of nitrogens with zero attached hydrogens (tertiary/aromatic N) is 3. The number of anilines is 2. The molecule has 1 rings (SSSR count). The summed E-state index contributed by atoms with van der Waals surface area (Å²) in [6.07, 6.45) is 0. The number of nitro groups is 1. The lowest BCUT2D eigenvalue weighted by Crippen LogP contribution is -2.08. The number of nitrogens with two attached hydrogens (primary N) is 1. The van der Waals surface area contributed by atoms with Gasteiger partial charge in [-0.25, -0.2) is 15.2 Å². The lowest BCUT2D eigenvalue weighted by Gasteiger charge is -1.85. The van der Waals surface area contributed by atoms with Gasteiger partial charge in [0.15, 0.2) is 5.03 Å². The first-order chi connectivity index (χ1) is 4.68. The third-order valence-corrected chi connectivity index (χ3v) is 0.700. The first kappa shape index (κ1) is 6.26. The van der Waals surface area contributed by atoms with E-state index in [1.807, 2.05) is 0 Å². The van der Waals surface area contributed by atoms with Gasteiger partial charge in [-0.3, -0.25) is 0 Å². The van der Waals surface area contributed by atoms with Crippen LogP contribution >= 0.6 is 0 Å². The van der Waals surface area contributed by atoms with Crippen LogP contribution in [0.1, 0.15) is 0 Å². The Morgan fingerprint density at radius 3 is 2.90 bits per heavy atom. The molecule has 8 nitrogen and oxygen atoms in total. The molecule has 0 spiro atoms. The van der Waals surface area contributed by atoms with E-state index in [9.17, 15) is 10.1 Å². The van der Waals surface area contributed by atoms with E-state index in [1.54, 1.807) is 5.43 Å². The molecule has 0 unspecified atom stereocenters. The van der Waals surface area contributed by atoms with Crippen LogP contribution in [0.4, 0.5) is 11.9 Å². The summed E-state index contributed by atoms with van der Waals surface area (Å²) in [4.78, 5) is 13.2. The number of H-pyrrole nitrogens is 1. The van der Waals surface area contributed by atoms with Crippen molar-refractivity contribution in [2.24, 2.45) is 0 Å². The number of hydrogen-bond acceptors (Lipinski definition) is 5. The minimum Gasteiger partial charge on any atom is -0.366 e. The summed E-state index contributed by atoms with van der Waals surface area (Å²) < 4.78 is 0. The molecule has 1 aromatic heterocycles. The molecule has 0 amide bonds. The van der Waals surface area contributed by atoms with Crippen LogP contribution in [-0.4, -0.2) is 20.2 Å². The Hall–Kier alpha value is -1.86. The molecule has 0 fully saturated rings. The Kier molecular flexibility index (Phi) is 1.36. The van der Waals surface area contributed by atoms with E-state index in [0.29, 0.717) is 0 Å². The number of nitrogens with one attached hydrogen (secondary N) is 2. The molecule has 4 N–H and O–H groups in total. The van der Waals surface area contributed by atoms with Gasteiger partial charge in [-0.05, 0) is 0 Å². The quantitative estimate of drug-likeness (QED) is 0.361. The van der Waals surface area contributed by atoms with Crippen molar-refractivity contribution in [3.05, 3.63) is 10.1 Å². The third kappa shape index (κ3) is 1.31. The highest BCUT2D eigenvalue weighted by atomic mass is 16.7. The SMILES string of the molecule is Nc1n[nH]c(N[N+](=O)[O-])n1. The highest BCUT2D eigenvalue weighted by Crippen LogP contribution is 1.96. The van der Waals surface area contributed by atoms with Crippen LogP contribution in [0, 0.1) is 10.1 Å². The molecule has 54 valence electrons. The zero-order chi connectivity index (χ0) is 7.56. The molecule has 1 heterocycles. The van der Waals surface area contributed by atoms with Crippen molar-refractivity contribution < 1.29 is 5.03 Å². The van der Waals surface area contributed by atoms with Gasteiger partial charge in [0.1, 0.15) is 0 Å². The summed E-state index contributed by atoms with van der Waals surface area (Å²) in [6, 6.07) is 0. The second-order valence-electron chi connectivity index (χ2n) is 1.41. The second-order valence-corrected chi connectivity index (χ2v) is 1.41. The van der Waals surface area contributed by atoms with Crippen molar-refractivity contribution in [1.29, 1.82) is 0 Å². The average molecular weight is 144 g/mol. The van der Waals surface area contributed by atoms with Gasteiger partial charge in [0.25, 0.3) is 5.95 Å². The summed E-state index contributed by atoms with van der Waals surface area (Å²) >= 11 is 0. The number of nitrogen functional groups attached to an aromatic ring is 1. The molecule has 10 heavy (non-hydrogen) atoms. The van der Waals surface area contributed by atoms with E-state index < -0.39 is 5.03 Å². The van der Waals surface area contributed by atoms with E-state index in [-0.39, 0.29) is 11.9 Å². The topological polar surface area (TPSA) is 123 Å². The van der Waals surface area contributed by atoms with Crippen molar-refractivity contribution in [3.8, 4) is 0 Å². The normalized spacial score (nSPS) is 9.20. The maximum absolute atomic E-state index is 9.74. The van der Waals surface area contributed by atoms with Crippen LogP contribution in [0.3, 0.4) is 0 Å². The molecule has 0 aromatic carbocycles. The smallest absolute Gasteiger partial charge is 0.282 e. The molecule has 0 bridgehead atoms. The Bertz CT molecular complexity index is 242. The Morgan fingerprint density at radius 1 is 1.80 bits per heavy atom. The minimum atomic E-state index is -0.764. The predicted molar refractivity (Wildman–Crippen MR) is 31.4 cm³/mol. The third-order valence-electron chi connectivity index (χ3n) is 0.700. The van der Waals surface area contributed by atoms with Gasteiger partial charge in [0.05, 0.1) is 0 Å². The van der Waals surface area contributed by atoms with Crippen LogP contribution in [0.25, 0.3) is 0 Å². The van der Waals surface area contributed by atoms with Gasteiger partial charge >= 0.3 is 0 Å². The van der Waals surface area contributed by atoms with Gasteiger partial charge in [0, 0.05) is 0 Å². The fraction of sp³-hybridized carbons (Fsp3) is 0. The zero-order valence-corrected chi connectivity index (χ0v) is 4.74. The fourth-order valence-corrected chi connectivity index (χ4v) is 0.411. The Morgan fingerprint density at radius 2 is 2.50 bits per heavy atom. The van der Waals surface area contributed by atoms with E-state index in [2.05, 4.69) is 15.2 Å². The number of aromatic nitrogens is 3. The van der Waals surface area contributed by atoms with Crippen LogP contribution < -0.4 is 11.2 Å². The van der Waals surface area contributed by atoms with E-state index in [4.69, 9.17) is 5.73 Å². The van der Waals surface area contributed by atoms with Crippen molar-refractivity contribution >= 4 is 11.9 Å². The minimum absolute atomic E-state index is 0.0376. The van der Waals surface area contributed by atoms with Gasteiger partial charge in [-0.15, -0.1) is 5.10 Å². The Balaban J connectivity index is 2.67. The summed E-state index contributed by atoms with van der Waals surface area (Å²) in [5.74, 6) is -0.119. The molecular weight excluding hydrogens is 140 g/mol. The molecule has 0 aliphatic carbocycles. The van der Waals surface area contributed by atoms with Crippen LogP contribution in [0.15, 0.2) is 0 Å². The predicted octanol–water partition coefficient (Wildman–Crippen LogP) is -1.01. The summed E-state index contributed by atoms with van der Waals surface area (Å²) in [5.41, 5.74) is 6.78. The molecular formula is C2H4N6O2. The maximum Gasteiger partial charge on any atom is 0.282 e. The van der Waals surface area contributed by atoms with Gasteiger partial charge in [-0.1, -0.05) is 5.43 Å². The molecule has 0 aliphatic heterocycles. The first-order valence-corrected chi connectivity index (χ1v) is 2.27. The number of hydrogen-bond donors (Lipinski definition) is 3. The zero-order valence-electron chi connectivity index (χ0n) is 4.74. The van der Waals surface area contributed by atoms with Crippen LogP contribution in [-0.2, 0) is 0 Å². The van der Waals surface area contributed by atoms with Crippen molar-refractivity contribution in [2.45, 2.75) is 0 Å². The number of hydrazine groups is 1.